The molecule has 2 atom stereocenters. The van der Waals surface area contributed by atoms with Gasteiger partial charge in [-0.05, 0) is 31.0 Å². The second-order valence-electron chi connectivity index (χ2n) is 4.40. The summed E-state index contributed by atoms with van der Waals surface area (Å²) >= 11 is 0. The lowest BCUT2D eigenvalue weighted by Gasteiger charge is -2.29. The molecule has 0 bridgehead atoms. The van der Waals surface area contributed by atoms with Gasteiger partial charge in [0.1, 0.15) is 0 Å². The minimum absolute atomic E-state index is 0.112. The van der Waals surface area contributed by atoms with Crippen LogP contribution in [0.2, 0.25) is 0 Å². The molecule has 1 aliphatic heterocycles. The SMILES string of the molecule is CC(O)(c1cccc(C#N)c1)C1CCOC1. The molecule has 2 rings (SSSR count). The lowest BCUT2D eigenvalue weighted by atomic mass is 9.82. The molecule has 1 aromatic rings. The first kappa shape index (κ1) is 11.1. The standard InChI is InChI=1S/C13H15NO2/c1-13(15,12-5-6-16-9-12)11-4-2-3-10(7-11)8-14/h2-4,7,12,15H,5-6,9H2,1H3. The van der Waals surface area contributed by atoms with Gasteiger partial charge in [0, 0.05) is 12.5 Å². The molecular formula is C13H15NO2. The van der Waals surface area contributed by atoms with Crippen LogP contribution in [0.1, 0.15) is 24.5 Å². The maximum Gasteiger partial charge on any atom is 0.0991 e. The third kappa shape index (κ3) is 1.95. The van der Waals surface area contributed by atoms with Gasteiger partial charge in [0.25, 0.3) is 0 Å². The topological polar surface area (TPSA) is 53.2 Å². The lowest BCUT2D eigenvalue weighted by molar-refractivity contribution is -0.00972. The largest absolute Gasteiger partial charge is 0.385 e. The molecule has 16 heavy (non-hydrogen) atoms. The van der Waals surface area contributed by atoms with Crippen molar-refractivity contribution in [2.75, 3.05) is 13.2 Å². The summed E-state index contributed by atoms with van der Waals surface area (Å²) in [6, 6.07) is 9.24. The minimum atomic E-state index is -0.913. The summed E-state index contributed by atoms with van der Waals surface area (Å²) in [7, 11) is 0. The van der Waals surface area contributed by atoms with Crippen molar-refractivity contribution in [2.45, 2.75) is 18.9 Å². The van der Waals surface area contributed by atoms with Gasteiger partial charge >= 0.3 is 0 Å². The Morgan fingerprint density at radius 1 is 1.56 bits per heavy atom. The molecule has 0 aromatic heterocycles. The molecule has 3 nitrogen and oxygen atoms in total. The second-order valence-corrected chi connectivity index (χ2v) is 4.40. The summed E-state index contributed by atoms with van der Waals surface area (Å²) in [5.41, 5.74) is 0.461. The average molecular weight is 217 g/mol. The van der Waals surface area contributed by atoms with E-state index in [2.05, 4.69) is 6.07 Å². The van der Waals surface area contributed by atoms with E-state index in [0.29, 0.717) is 18.8 Å². The molecule has 0 spiro atoms. The van der Waals surface area contributed by atoms with E-state index in [-0.39, 0.29) is 5.92 Å². The number of nitrogens with zero attached hydrogens (tertiary/aromatic N) is 1. The average Bonchev–Trinajstić information content (AvgIpc) is 2.83. The van der Waals surface area contributed by atoms with Crippen molar-refractivity contribution in [1.29, 1.82) is 5.26 Å². The third-order valence-corrected chi connectivity index (χ3v) is 3.30. The van der Waals surface area contributed by atoms with Crippen LogP contribution in [0.25, 0.3) is 0 Å². The predicted molar refractivity (Wildman–Crippen MR) is 59.7 cm³/mol. The molecule has 1 saturated heterocycles. The summed E-state index contributed by atoms with van der Waals surface area (Å²) in [6.07, 6.45) is 0.865. The third-order valence-electron chi connectivity index (χ3n) is 3.30. The van der Waals surface area contributed by atoms with Gasteiger partial charge in [-0.2, -0.15) is 5.26 Å². The van der Waals surface area contributed by atoms with Crippen LogP contribution in [0.5, 0.6) is 0 Å². The number of nitriles is 1. The number of rotatable bonds is 2. The van der Waals surface area contributed by atoms with Gasteiger partial charge in [-0.15, -0.1) is 0 Å². The maximum absolute atomic E-state index is 10.5. The molecule has 84 valence electrons. The number of hydrogen-bond acceptors (Lipinski definition) is 3. The summed E-state index contributed by atoms with van der Waals surface area (Å²) < 4.78 is 5.30. The van der Waals surface area contributed by atoms with Crippen molar-refractivity contribution in [3.05, 3.63) is 35.4 Å². The predicted octanol–water partition coefficient (Wildman–Crippen LogP) is 1.80. The molecule has 0 aliphatic carbocycles. The number of hydrogen-bond donors (Lipinski definition) is 1. The van der Waals surface area contributed by atoms with Crippen LogP contribution in [0, 0.1) is 17.2 Å². The van der Waals surface area contributed by atoms with Crippen molar-refractivity contribution < 1.29 is 9.84 Å². The van der Waals surface area contributed by atoms with Crippen molar-refractivity contribution in [1.82, 2.24) is 0 Å². The normalized spacial score (nSPS) is 23.7. The van der Waals surface area contributed by atoms with Crippen LogP contribution in [-0.4, -0.2) is 18.3 Å². The maximum atomic E-state index is 10.5. The zero-order valence-electron chi connectivity index (χ0n) is 9.31. The highest BCUT2D eigenvalue weighted by Gasteiger charge is 2.36. The molecule has 0 radical (unpaired) electrons. The van der Waals surface area contributed by atoms with E-state index in [4.69, 9.17) is 10.00 Å². The molecule has 0 saturated carbocycles. The van der Waals surface area contributed by atoms with Crippen molar-refractivity contribution >= 4 is 0 Å². The summed E-state index contributed by atoms with van der Waals surface area (Å²) in [5, 5.41) is 19.4. The molecule has 3 heteroatoms. The zero-order chi connectivity index (χ0) is 11.6. The van der Waals surface area contributed by atoms with E-state index in [0.717, 1.165) is 12.0 Å². The first-order valence-corrected chi connectivity index (χ1v) is 5.45. The van der Waals surface area contributed by atoms with Gasteiger partial charge in [0.15, 0.2) is 0 Å². The smallest absolute Gasteiger partial charge is 0.0991 e. The van der Waals surface area contributed by atoms with Crippen molar-refractivity contribution in [2.24, 2.45) is 5.92 Å². The summed E-state index contributed by atoms with van der Waals surface area (Å²) in [6.45, 7) is 3.09. The fraction of sp³-hybridized carbons (Fsp3) is 0.462. The van der Waals surface area contributed by atoms with Crippen molar-refractivity contribution in [3.8, 4) is 6.07 Å². The Morgan fingerprint density at radius 3 is 3.00 bits per heavy atom. The van der Waals surface area contributed by atoms with E-state index in [1.54, 1.807) is 25.1 Å². The Balaban J connectivity index is 2.30. The van der Waals surface area contributed by atoms with Crippen LogP contribution in [0.3, 0.4) is 0 Å². The van der Waals surface area contributed by atoms with Gasteiger partial charge in [-0.1, -0.05) is 12.1 Å². The highest BCUT2D eigenvalue weighted by molar-refractivity contribution is 5.35. The van der Waals surface area contributed by atoms with Gasteiger partial charge in [-0.3, -0.25) is 0 Å². The lowest BCUT2D eigenvalue weighted by Crippen LogP contribution is -2.32. The molecule has 0 amide bonds. The quantitative estimate of drug-likeness (QED) is 0.821. The van der Waals surface area contributed by atoms with E-state index in [1.807, 2.05) is 6.07 Å². The molecule has 2 unspecified atom stereocenters. The molecule has 1 heterocycles. The van der Waals surface area contributed by atoms with E-state index < -0.39 is 5.60 Å². The summed E-state index contributed by atoms with van der Waals surface area (Å²) in [5.74, 6) is 0.112. The van der Waals surface area contributed by atoms with Crippen LogP contribution in [-0.2, 0) is 10.3 Å². The first-order chi connectivity index (χ1) is 7.64. The Morgan fingerprint density at radius 2 is 2.38 bits per heavy atom. The molecule has 1 aliphatic rings. The second kappa shape index (κ2) is 4.25. The zero-order valence-corrected chi connectivity index (χ0v) is 9.31. The Bertz CT molecular complexity index is 414. The van der Waals surface area contributed by atoms with Crippen LogP contribution in [0.4, 0.5) is 0 Å². The highest BCUT2D eigenvalue weighted by atomic mass is 16.5. The Hall–Kier alpha value is -1.37. The number of aliphatic hydroxyl groups is 1. The van der Waals surface area contributed by atoms with Crippen LogP contribution >= 0.6 is 0 Å². The van der Waals surface area contributed by atoms with Gasteiger partial charge in [0.2, 0.25) is 0 Å². The van der Waals surface area contributed by atoms with E-state index >= 15 is 0 Å². The monoisotopic (exact) mass is 217 g/mol. The number of benzene rings is 1. The van der Waals surface area contributed by atoms with Crippen molar-refractivity contribution in [3.63, 3.8) is 0 Å². The van der Waals surface area contributed by atoms with Gasteiger partial charge in [0.05, 0.1) is 23.8 Å². The molecule has 1 fully saturated rings. The first-order valence-electron chi connectivity index (χ1n) is 5.45. The highest BCUT2D eigenvalue weighted by Crippen LogP contribution is 2.34. The molecule has 1 aromatic carbocycles. The van der Waals surface area contributed by atoms with E-state index in [1.165, 1.54) is 0 Å². The Labute approximate surface area is 95.3 Å². The molecular weight excluding hydrogens is 202 g/mol. The number of ether oxygens (including phenoxy) is 1. The molecule has 1 N–H and O–H groups in total. The minimum Gasteiger partial charge on any atom is -0.385 e. The van der Waals surface area contributed by atoms with Gasteiger partial charge in [-0.25, -0.2) is 0 Å². The van der Waals surface area contributed by atoms with Gasteiger partial charge < -0.3 is 9.84 Å². The van der Waals surface area contributed by atoms with E-state index in [9.17, 15) is 5.11 Å². The summed E-state index contributed by atoms with van der Waals surface area (Å²) in [4.78, 5) is 0. The fourth-order valence-electron chi connectivity index (χ4n) is 2.12. The van der Waals surface area contributed by atoms with Crippen LogP contribution in [0.15, 0.2) is 24.3 Å². The Kier molecular flexibility index (Phi) is 2.95. The fourth-order valence-corrected chi connectivity index (χ4v) is 2.12. The van der Waals surface area contributed by atoms with Crippen LogP contribution < -0.4 is 0 Å².